The molecule has 1 N–H and O–H groups in total. The van der Waals surface area contributed by atoms with Crippen LogP contribution < -0.4 is 10.1 Å². The molecule has 0 aromatic heterocycles. The molecule has 1 fully saturated rings. The average molecular weight is 361 g/mol. The lowest BCUT2D eigenvalue weighted by atomic mass is 9.95. The zero-order valence-corrected chi connectivity index (χ0v) is 14.3. The van der Waals surface area contributed by atoms with Crippen LogP contribution in [0.4, 0.5) is 0 Å². The number of halogens is 1. The van der Waals surface area contributed by atoms with Gasteiger partial charge in [-0.15, -0.1) is 0 Å². The Kier molecular flexibility index (Phi) is 5.13. The fourth-order valence-electron chi connectivity index (χ4n) is 3.10. The lowest BCUT2D eigenvalue weighted by Crippen LogP contribution is -2.45. The summed E-state index contributed by atoms with van der Waals surface area (Å²) in [6.45, 7) is 4.13. The number of hydrogen-bond donors (Lipinski definition) is 1. The number of rotatable bonds is 4. The van der Waals surface area contributed by atoms with Crippen molar-refractivity contribution in [2.75, 3.05) is 33.3 Å². The molecular weight excluding hydrogens is 340 g/mol. The summed E-state index contributed by atoms with van der Waals surface area (Å²) in [5, 5.41) is 3.43. The van der Waals surface area contributed by atoms with Crippen LogP contribution in [0.5, 0.6) is 5.75 Å². The monoisotopic (exact) mass is 360 g/mol. The van der Waals surface area contributed by atoms with Gasteiger partial charge in [0.25, 0.3) is 0 Å². The molecule has 0 saturated carbocycles. The first-order valence-corrected chi connectivity index (χ1v) is 8.42. The van der Waals surface area contributed by atoms with Crippen LogP contribution in [-0.4, -0.2) is 38.2 Å². The highest BCUT2D eigenvalue weighted by molar-refractivity contribution is 9.10. The maximum Gasteiger partial charge on any atom is 0.123 e. The van der Waals surface area contributed by atoms with Crippen LogP contribution in [0.1, 0.15) is 17.2 Å². The Morgan fingerprint density at radius 2 is 1.86 bits per heavy atom. The predicted molar refractivity (Wildman–Crippen MR) is 93.4 cm³/mol. The summed E-state index contributed by atoms with van der Waals surface area (Å²) in [4.78, 5) is 2.52. The lowest BCUT2D eigenvalue weighted by molar-refractivity contribution is 0.195. The minimum Gasteiger partial charge on any atom is -0.496 e. The van der Waals surface area contributed by atoms with Crippen LogP contribution >= 0.6 is 15.9 Å². The molecule has 1 atom stereocenters. The number of nitrogens with one attached hydrogen (secondary N) is 1. The van der Waals surface area contributed by atoms with E-state index in [4.69, 9.17) is 4.74 Å². The van der Waals surface area contributed by atoms with Crippen molar-refractivity contribution >= 4 is 15.9 Å². The Labute approximate surface area is 140 Å². The lowest BCUT2D eigenvalue weighted by Gasteiger charge is -2.36. The van der Waals surface area contributed by atoms with Gasteiger partial charge in [-0.05, 0) is 23.8 Å². The minimum absolute atomic E-state index is 0.218. The van der Waals surface area contributed by atoms with Gasteiger partial charge in [-0.2, -0.15) is 0 Å². The van der Waals surface area contributed by atoms with E-state index in [2.05, 4.69) is 62.5 Å². The van der Waals surface area contributed by atoms with Crippen LogP contribution in [-0.2, 0) is 0 Å². The Hall–Kier alpha value is -1.36. The molecule has 116 valence electrons. The standard InChI is InChI=1S/C18H21BrN2O/c1-22-17-8-3-2-7-16(17)18(21-11-9-20-10-12-21)14-5-4-6-15(19)13-14/h2-8,13,18,20H,9-12H2,1H3. The second-order valence-electron chi connectivity index (χ2n) is 5.49. The summed E-state index contributed by atoms with van der Waals surface area (Å²) in [5.41, 5.74) is 2.52. The molecule has 1 heterocycles. The maximum atomic E-state index is 5.61. The molecule has 4 heteroatoms. The number of methoxy groups -OCH3 is 1. The van der Waals surface area contributed by atoms with Gasteiger partial charge in [0.05, 0.1) is 13.2 Å². The van der Waals surface area contributed by atoms with E-state index in [1.54, 1.807) is 7.11 Å². The van der Waals surface area contributed by atoms with Crippen molar-refractivity contribution in [2.45, 2.75) is 6.04 Å². The summed E-state index contributed by atoms with van der Waals surface area (Å²) in [6, 6.07) is 17.1. The molecule has 1 saturated heterocycles. The first kappa shape index (κ1) is 15.5. The molecule has 1 aliphatic rings. The molecule has 0 spiro atoms. The van der Waals surface area contributed by atoms with Crippen LogP contribution in [0.25, 0.3) is 0 Å². The molecule has 3 rings (SSSR count). The van der Waals surface area contributed by atoms with Gasteiger partial charge in [0.2, 0.25) is 0 Å². The van der Waals surface area contributed by atoms with E-state index in [-0.39, 0.29) is 6.04 Å². The quantitative estimate of drug-likeness (QED) is 0.903. The van der Waals surface area contributed by atoms with E-state index >= 15 is 0 Å². The van der Waals surface area contributed by atoms with Crippen molar-refractivity contribution in [2.24, 2.45) is 0 Å². The molecular formula is C18H21BrN2O. The first-order valence-electron chi connectivity index (χ1n) is 7.63. The predicted octanol–water partition coefficient (Wildman–Crippen LogP) is 3.45. The van der Waals surface area contributed by atoms with Gasteiger partial charge in [0, 0.05) is 36.2 Å². The van der Waals surface area contributed by atoms with E-state index in [0.29, 0.717) is 0 Å². The summed E-state index contributed by atoms with van der Waals surface area (Å²) >= 11 is 3.60. The largest absolute Gasteiger partial charge is 0.496 e. The molecule has 3 nitrogen and oxygen atoms in total. The molecule has 0 aliphatic carbocycles. The van der Waals surface area contributed by atoms with Crippen LogP contribution in [0.3, 0.4) is 0 Å². The van der Waals surface area contributed by atoms with Gasteiger partial charge < -0.3 is 10.1 Å². The molecule has 2 aromatic rings. The van der Waals surface area contributed by atoms with Crippen molar-refractivity contribution in [1.29, 1.82) is 0 Å². The van der Waals surface area contributed by atoms with Gasteiger partial charge in [0.15, 0.2) is 0 Å². The number of piperazine rings is 1. The Bertz CT molecular complexity index is 626. The van der Waals surface area contributed by atoms with Gasteiger partial charge in [-0.1, -0.05) is 46.3 Å². The molecule has 1 aliphatic heterocycles. The highest BCUT2D eigenvalue weighted by atomic mass is 79.9. The van der Waals surface area contributed by atoms with E-state index in [1.807, 2.05) is 12.1 Å². The maximum absolute atomic E-state index is 5.61. The van der Waals surface area contributed by atoms with Crippen molar-refractivity contribution in [3.05, 3.63) is 64.1 Å². The summed E-state index contributed by atoms with van der Waals surface area (Å²) < 4.78 is 6.73. The summed E-state index contributed by atoms with van der Waals surface area (Å²) in [5.74, 6) is 0.950. The number of nitrogens with zero attached hydrogens (tertiary/aromatic N) is 1. The Balaban J connectivity index is 2.05. The Morgan fingerprint density at radius 1 is 1.09 bits per heavy atom. The second kappa shape index (κ2) is 7.27. The molecule has 0 radical (unpaired) electrons. The number of para-hydroxylation sites is 1. The van der Waals surface area contributed by atoms with Crippen LogP contribution in [0.15, 0.2) is 53.0 Å². The molecule has 0 amide bonds. The first-order chi connectivity index (χ1) is 10.8. The zero-order chi connectivity index (χ0) is 15.4. The van der Waals surface area contributed by atoms with Crippen LogP contribution in [0.2, 0.25) is 0 Å². The third-order valence-corrected chi connectivity index (χ3v) is 4.61. The van der Waals surface area contributed by atoms with Crippen molar-refractivity contribution < 1.29 is 4.74 Å². The topological polar surface area (TPSA) is 24.5 Å². The molecule has 2 aromatic carbocycles. The fraction of sp³-hybridized carbons (Fsp3) is 0.333. The zero-order valence-electron chi connectivity index (χ0n) is 12.8. The van der Waals surface area contributed by atoms with Crippen molar-refractivity contribution in [3.8, 4) is 5.75 Å². The van der Waals surface area contributed by atoms with E-state index in [0.717, 1.165) is 36.4 Å². The number of ether oxygens (including phenoxy) is 1. The fourth-order valence-corrected chi connectivity index (χ4v) is 3.51. The third-order valence-electron chi connectivity index (χ3n) is 4.11. The summed E-state index contributed by atoms with van der Waals surface area (Å²) in [7, 11) is 1.74. The minimum atomic E-state index is 0.218. The van der Waals surface area contributed by atoms with E-state index in [9.17, 15) is 0 Å². The number of hydrogen-bond acceptors (Lipinski definition) is 3. The highest BCUT2D eigenvalue weighted by Crippen LogP contribution is 2.35. The number of benzene rings is 2. The van der Waals surface area contributed by atoms with Gasteiger partial charge in [-0.25, -0.2) is 0 Å². The molecule has 0 bridgehead atoms. The van der Waals surface area contributed by atoms with E-state index < -0.39 is 0 Å². The second-order valence-corrected chi connectivity index (χ2v) is 6.40. The average Bonchev–Trinajstić information content (AvgIpc) is 2.57. The van der Waals surface area contributed by atoms with Gasteiger partial charge in [-0.3, -0.25) is 4.90 Å². The smallest absolute Gasteiger partial charge is 0.123 e. The van der Waals surface area contributed by atoms with Crippen molar-refractivity contribution in [3.63, 3.8) is 0 Å². The summed E-state index contributed by atoms with van der Waals surface area (Å²) in [6.07, 6.45) is 0. The normalized spacial score (nSPS) is 17.2. The highest BCUT2D eigenvalue weighted by Gasteiger charge is 2.26. The Morgan fingerprint density at radius 3 is 2.59 bits per heavy atom. The van der Waals surface area contributed by atoms with E-state index in [1.165, 1.54) is 11.1 Å². The van der Waals surface area contributed by atoms with Gasteiger partial charge in [0.1, 0.15) is 5.75 Å². The SMILES string of the molecule is COc1ccccc1C(c1cccc(Br)c1)N1CCNCC1. The van der Waals surface area contributed by atoms with Crippen LogP contribution in [0, 0.1) is 0 Å². The molecule has 22 heavy (non-hydrogen) atoms. The molecule has 1 unspecified atom stereocenters. The van der Waals surface area contributed by atoms with Gasteiger partial charge >= 0.3 is 0 Å². The van der Waals surface area contributed by atoms with Crippen molar-refractivity contribution in [1.82, 2.24) is 10.2 Å². The third kappa shape index (κ3) is 3.35.